The number of likely N-dealkylation sites (N-methyl/N-ethyl adjacent to an activating group) is 1. The van der Waals surface area contributed by atoms with Crippen molar-refractivity contribution in [3.8, 4) is 0 Å². The largest absolute Gasteiger partial charge is 0.383 e. The van der Waals surface area contributed by atoms with Crippen LogP contribution in [0, 0.1) is 0 Å². The van der Waals surface area contributed by atoms with Crippen LogP contribution in [0.25, 0.3) is 0 Å². The zero-order chi connectivity index (χ0) is 11.3. The van der Waals surface area contributed by atoms with E-state index in [0.717, 1.165) is 25.9 Å². The minimum Gasteiger partial charge on any atom is -0.383 e. The standard InChI is InChI=1S/C10H21N3O2/c1-12(7-9(11)8-15-2)10(14)13-5-3-4-6-13/h9H,3-8,11H2,1-2H3. The molecule has 0 radical (unpaired) electrons. The van der Waals surface area contributed by atoms with Crippen molar-refractivity contribution in [2.75, 3.05) is 40.4 Å². The summed E-state index contributed by atoms with van der Waals surface area (Å²) in [6.07, 6.45) is 2.23. The number of amides is 2. The lowest BCUT2D eigenvalue weighted by molar-refractivity contribution is 0.147. The molecule has 1 aliphatic heterocycles. The molecule has 0 saturated carbocycles. The molecule has 1 unspecified atom stereocenters. The summed E-state index contributed by atoms with van der Waals surface area (Å²) in [5.74, 6) is 0. The first-order valence-corrected chi connectivity index (χ1v) is 5.39. The summed E-state index contributed by atoms with van der Waals surface area (Å²) < 4.78 is 4.93. The molecule has 0 aromatic heterocycles. The number of nitrogens with two attached hydrogens (primary N) is 1. The highest BCUT2D eigenvalue weighted by molar-refractivity contribution is 5.74. The normalized spacial score (nSPS) is 17.9. The topological polar surface area (TPSA) is 58.8 Å². The molecule has 15 heavy (non-hydrogen) atoms. The van der Waals surface area contributed by atoms with E-state index in [1.165, 1.54) is 0 Å². The average molecular weight is 215 g/mol. The number of hydrogen-bond acceptors (Lipinski definition) is 3. The van der Waals surface area contributed by atoms with Gasteiger partial charge in [0.25, 0.3) is 0 Å². The Kier molecular flexibility index (Phi) is 4.84. The molecule has 5 nitrogen and oxygen atoms in total. The molecule has 1 fully saturated rings. The van der Waals surface area contributed by atoms with E-state index < -0.39 is 0 Å². The van der Waals surface area contributed by atoms with Gasteiger partial charge in [0.05, 0.1) is 6.61 Å². The number of nitrogens with zero attached hydrogens (tertiary/aromatic N) is 2. The number of rotatable bonds is 4. The Hall–Kier alpha value is -0.810. The van der Waals surface area contributed by atoms with Crippen LogP contribution in [0.5, 0.6) is 0 Å². The summed E-state index contributed by atoms with van der Waals surface area (Å²) in [5, 5.41) is 0. The van der Waals surface area contributed by atoms with Gasteiger partial charge < -0.3 is 20.3 Å². The Morgan fingerprint density at radius 3 is 2.67 bits per heavy atom. The summed E-state index contributed by atoms with van der Waals surface area (Å²) in [7, 11) is 3.40. The molecular weight excluding hydrogens is 194 g/mol. The van der Waals surface area contributed by atoms with Gasteiger partial charge in [0, 0.05) is 39.8 Å². The van der Waals surface area contributed by atoms with E-state index in [9.17, 15) is 4.79 Å². The van der Waals surface area contributed by atoms with Crippen LogP contribution in [-0.2, 0) is 4.74 Å². The molecule has 0 spiro atoms. The lowest BCUT2D eigenvalue weighted by Gasteiger charge is -2.26. The summed E-state index contributed by atoms with van der Waals surface area (Å²) in [4.78, 5) is 15.4. The third kappa shape index (κ3) is 3.68. The Morgan fingerprint density at radius 1 is 1.53 bits per heavy atom. The van der Waals surface area contributed by atoms with Crippen molar-refractivity contribution in [1.82, 2.24) is 9.80 Å². The van der Waals surface area contributed by atoms with Gasteiger partial charge in [-0.2, -0.15) is 0 Å². The van der Waals surface area contributed by atoms with Crippen LogP contribution in [0.2, 0.25) is 0 Å². The van der Waals surface area contributed by atoms with Crippen LogP contribution in [0.4, 0.5) is 4.79 Å². The number of likely N-dealkylation sites (tertiary alicyclic amines) is 1. The molecule has 1 heterocycles. The third-order valence-electron chi connectivity index (χ3n) is 2.59. The summed E-state index contributed by atoms with van der Waals surface area (Å²) in [5.41, 5.74) is 5.78. The number of methoxy groups -OCH3 is 1. The van der Waals surface area contributed by atoms with Crippen LogP contribution in [0.15, 0.2) is 0 Å². The van der Waals surface area contributed by atoms with Crippen molar-refractivity contribution in [2.24, 2.45) is 5.73 Å². The lowest BCUT2D eigenvalue weighted by Crippen LogP contribution is -2.46. The van der Waals surface area contributed by atoms with E-state index in [1.54, 1.807) is 19.1 Å². The summed E-state index contributed by atoms with van der Waals surface area (Å²) in [6, 6.07) is -0.0226. The van der Waals surface area contributed by atoms with Crippen molar-refractivity contribution in [3.63, 3.8) is 0 Å². The van der Waals surface area contributed by atoms with Gasteiger partial charge in [-0.15, -0.1) is 0 Å². The van der Waals surface area contributed by atoms with Crippen molar-refractivity contribution >= 4 is 6.03 Å². The van der Waals surface area contributed by atoms with Gasteiger partial charge in [0.2, 0.25) is 0 Å². The molecule has 0 aliphatic carbocycles. The van der Waals surface area contributed by atoms with Gasteiger partial charge in [-0.05, 0) is 12.8 Å². The van der Waals surface area contributed by atoms with E-state index in [2.05, 4.69) is 0 Å². The second-order valence-corrected chi connectivity index (χ2v) is 4.07. The maximum absolute atomic E-state index is 11.8. The van der Waals surface area contributed by atoms with E-state index in [4.69, 9.17) is 10.5 Å². The quantitative estimate of drug-likeness (QED) is 0.724. The van der Waals surface area contributed by atoms with Gasteiger partial charge in [-0.1, -0.05) is 0 Å². The molecule has 88 valence electrons. The fourth-order valence-corrected chi connectivity index (χ4v) is 1.85. The predicted molar refractivity (Wildman–Crippen MR) is 58.7 cm³/mol. The number of carbonyl (C=O) groups excluding carboxylic acids is 1. The van der Waals surface area contributed by atoms with Gasteiger partial charge in [-0.3, -0.25) is 0 Å². The predicted octanol–water partition coefficient (Wildman–Crippen LogP) is 0.108. The zero-order valence-corrected chi connectivity index (χ0v) is 9.61. The Labute approximate surface area is 91.2 Å². The van der Waals surface area contributed by atoms with Crippen molar-refractivity contribution in [1.29, 1.82) is 0 Å². The van der Waals surface area contributed by atoms with E-state index in [1.807, 2.05) is 4.90 Å². The molecule has 0 bridgehead atoms. The van der Waals surface area contributed by atoms with Gasteiger partial charge >= 0.3 is 6.03 Å². The highest BCUT2D eigenvalue weighted by atomic mass is 16.5. The first-order chi connectivity index (χ1) is 7.15. The highest BCUT2D eigenvalue weighted by Crippen LogP contribution is 2.09. The van der Waals surface area contributed by atoms with Gasteiger partial charge in [0.15, 0.2) is 0 Å². The number of hydrogen-bond donors (Lipinski definition) is 1. The fraction of sp³-hybridized carbons (Fsp3) is 0.900. The first-order valence-electron chi connectivity index (χ1n) is 5.39. The highest BCUT2D eigenvalue weighted by Gasteiger charge is 2.22. The minimum absolute atomic E-state index is 0.0825. The molecule has 0 aromatic carbocycles. The van der Waals surface area contributed by atoms with Crippen LogP contribution in [0.1, 0.15) is 12.8 Å². The molecule has 2 N–H and O–H groups in total. The van der Waals surface area contributed by atoms with Crippen molar-refractivity contribution in [2.45, 2.75) is 18.9 Å². The maximum Gasteiger partial charge on any atom is 0.319 e. The Morgan fingerprint density at radius 2 is 2.13 bits per heavy atom. The van der Waals surface area contributed by atoms with Gasteiger partial charge in [-0.25, -0.2) is 4.79 Å². The van der Waals surface area contributed by atoms with Crippen LogP contribution < -0.4 is 5.73 Å². The number of ether oxygens (including phenoxy) is 1. The molecule has 0 aromatic rings. The smallest absolute Gasteiger partial charge is 0.319 e. The minimum atomic E-state index is -0.105. The van der Waals surface area contributed by atoms with E-state index in [-0.39, 0.29) is 12.1 Å². The molecule has 1 saturated heterocycles. The number of carbonyl (C=O) groups is 1. The second kappa shape index (κ2) is 5.92. The van der Waals surface area contributed by atoms with Crippen LogP contribution in [-0.4, -0.2) is 62.3 Å². The monoisotopic (exact) mass is 215 g/mol. The van der Waals surface area contributed by atoms with Crippen molar-refractivity contribution < 1.29 is 9.53 Å². The fourth-order valence-electron chi connectivity index (χ4n) is 1.85. The second-order valence-electron chi connectivity index (χ2n) is 4.07. The molecule has 5 heteroatoms. The van der Waals surface area contributed by atoms with E-state index >= 15 is 0 Å². The SMILES string of the molecule is COCC(N)CN(C)C(=O)N1CCCC1. The summed E-state index contributed by atoms with van der Waals surface area (Å²) in [6.45, 7) is 2.78. The Balaban J connectivity index is 2.31. The van der Waals surface area contributed by atoms with Gasteiger partial charge in [0.1, 0.15) is 0 Å². The maximum atomic E-state index is 11.8. The lowest BCUT2D eigenvalue weighted by atomic mass is 10.3. The van der Waals surface area contributed by atoms with Crippen molar-refractivity contribution in [3.05, 3.63) is 0 Å². The Bertz CT molecular complexity index is 205. The molecule has 2 amide bonds. The average Bonchev–Trinajstić information content (AvgIpc) is 2.69. The third-order valence-corrected chi connectivity index (χ3v) is 2.59. The molecule has 1 rings (SSSR count). The van der Waals surface area contributed by atoms with Crippen LogP contribution in [0.3, 0.4) is 0 Å². The van der Waals surface area contributed by atoms with Crippen LogP contribution >= 0.6 is 0 Å². The first kappa shape index (κ1) is 12.3. The summed E-state index contributed by atoms with van der Waals surface area (Å²) >= 11 is 0. The molecule has 1 atom stereocenters. The number of urea groups is 1. The van der Waals surface area contributed by atoms with E-state index in [0.29, 0.717) is 13.2 Å². The molecule has 1 aliphatic rings. The molecular formula is C10H21N3O2. The zero-order valence-electron chi connectivity index (χ0n) is 9.61.